The van der Waals surface area contributed by atoms with Crippen molar-refractivity contribution in [2.75, 3.05) is 0 Å². The maximum Gasteiger partial charge on any atom is 0.306 e. The predicted molar refractivity (Wildman–Crippen MR) is 103 cm³/mol. The first-order valence-electron chi connectivity index (χ1n) is 8.40. The van der Waals surface area contributed by atoms with Gasteiger partial charge in [0.1, 0.15) is 0 Å². The highest BCUT2D eigenvalue weighted by atomic mass is 32.2. The SMILES string of the molecule is Cc1ccc(S(=O)(=O)n2ccc(CNCc3ccccc3)c(O)c2=O)cc1. The number of aryl methyl sites for hydroxylation is 1. The van der Waals surface area contributed by atoms with E-state index in [2.05, 4.69) is 5.32 Å². The second-order valence-electron chi connectivity index (χ2n) is 6.20. The molecule has 0 saturated heterocycles. The van der Waals surface area contributed by atoms with Gasteiger partial charge in [0.05, 0.1) is 4.90 Å². The van der Waals surface area contributed by atoms with Crippen LogP contribution in [0.1, 0.15) is 16.7 Å². The maximum absolute atomic E-state index is 12.7. The van der Waals surface area contributed by atoms with Crippen LogP contribution in [-0.4, -0.2) is 17.5 Å². The van der Waals surface area contributed by atoms with E-state index in [-0.39, 0.29) is 11.4 Å². The van der Waals surface area contributed by atoms with Crippen molar-refractivity contribution in [1.82, 2.24) is 9.29 Å². The summed E-state index contributed by atoms with van der Waals surface area (Å²) in [5, 5.41) is 13.3. The molecule has 1 aromatic heterocycles. The van der Waals surface area contributed by atoms with Gasteiger partial charge in [-0.3, -0.25) is 4.79 Å². The molecule has 0 fully saturated rings. The quantitative estimate of drug-likeness (QED) is 0.681. The molecule has 0 radical (unpaired) electrons. The van der Waals surface area contributed by atoms with Gasteiger partial charge in [-0.15, -0.1) is 0 Å². The van der Waals surface area contributed by atoms with Crippen LogP contribution in [0.2, 0.25) is 0 Å². The van der Waals surface area contributed by atoms with Crippen molar-refractivity contribution in [2.24, 2.45) is 0 Å². The van der Waals surface area contributed by atoms with Crippen LogP contribution in [-0.2, 0) is 23.1 Å². The Bertz CT molecular complexity index is 1090. The fourth-order valence-corrected chi connectivity index (χ4v) is 3.87. The summed E-state index contributed by atoms with van der Waals surface area (Å²) >= 11 is 0. The number of aromatic nitrogens is 1. The summed E-state index contributed by atoms with van der Waals surface area (Å²) in [5.41, 5.74) is 1.34. The number of rotatable bonds is 6. The third-order valence-electron chi connectivity index (χ3n) is 4.18. The van der Waals surface area contributed by atoms with Crippen LogP contribution >= 0.6 is 0 Å². The molecule has 7 heteroatoms. The van der Waals surface area contributed by atoms with E-state index in [0.717, 1.165) is 11.1 Å². The molecule has 0 spiro atoms. The van der Waals surface area contributed by atoms with Gasteiger partial charge in [-0.25, -0.2) is 12.4 Å². The van der Waals surface area contributed by atoms with E-state index < -0.39 is 21.3 Å². The van der Waals surface area contributed by atoms with E-state index in [4.69, 9.17) is 0 Å². The molecule has 2 aromatic carbocycles. The molecule has 3 aromatic rings. The van der Waals surface area contributed by atoms with Gasteiger partial charge in [-0.2, -0.15) is 0 Å². The highest BCUT2D eigenvalue weighted by Crippen LogP contribution is 2.16. The fraction of sp³-hybridized carbons (Fsp3) is 0.150. The monoisotopic (exact) mass is 384 g/mol. The molecule has 0 saturated carbocycles. The van der Waals surface area contributed by atoms with Crippen LogP contribution < -0.4 is 10.9 Å². The summed E-state index contributed by atoms with van der Waals surface area (Å²) in [6.45, 7) is 2.64. The summed E-state index contributed by atoms with van der Waals surface area (Å²) in [5.74, 6) is -0.575. The maximum atomic E-state index is 12.7. The van der Waals surface area contributed by atoms with Crippen molar-refractivity contribution < 1.29 is 13.5 Å². The molecule has 0 amide bonds. The van der Waals surface area contributed by atoms with Crippen molar-refractivity contribution in [1.29, 1.82) is 0 Å². The molecule has 2 N–H and O–H groups in total. The van der Waals surface area contributed by atoms with Gasteiger partial charge in [0.15, 0.2) is 5.75 Å². The summed E-state index contributed by atoms with van der Waals surface area (Å²) < 4.78 is 25.9. The van der Waals surface area contributed by atoms with E-state index in [1.54, 1.807) is 12.1 Å². The molecule has 140 valence electrons. The second kappa shape index (κ2) is 7.77. The molecule has 0 unspecified atom stereocenters. The average molecular weight is 384 g/mol. The van der Waals surface area contributed by atoms with Crippen molar-refractivity contribution >= 4 is 10.0 Å². The number of hydrogen-bond donors (Lipinski definition) is 2. The molecule has 3 rings (SSSR count). The molecule has 27 heavy (non-hydrogen) atoms. The topological polar surface area (TPSA) is 88.4 Å². The largest absolute Gasteiger partial charge is 0.503 e. The zero-order valence-electron chi connectivity index (χ0n) is 14.8. The second-order valence-corrected chi connectivity index (χ2v) is 8.01. The lowest BCUT2D eigenvalue weighted by Gasteiger charge is -2.11. The van der Waals surface area contributed by atoms with Crippen LogP contribution in [0.5, 0.6) is 5.75 Å². The highest BCUT2D eigenvalue weighted by Gasteiger charge is 2.21. The molecule has 0 aliphatic rings. The normalized spacial score (nSPS) is 11.4. The average Bonchev–Trinajstić information content (AvgIpc) is 2.66. The Balaban J connectivity index is 1.82. The zero-order chi connectivity index (χ0) is 19.4. The Morgan fingerprint density at radius 2 is 1.63 bits per heavy atom. The van der Waals surface area contributed by atoms with E-state index in [1.807, 2.05) is 37.3 Å². The minimum Gasteiger partial charge on any atom is -0.503 e. The minimum atomic E-state index is -4.07. The van der Waals surface area contributed by atoms with Crippen LogP contribution in [0.3, 0.4) is 0 Å². The lowest BCUT2D eigenvalue weighted by Crippen LogP contribution is -2.28. The first-order valence-corrected chi connectivity index (χ1v) is 9.84. The third kappa shape index (κ3) is 4.10. The van der Waals surface area contributed by atoms with Crippen molar-refractivity contribution in [3.63, 3.8) is 0 Å². The smallest absolute Gasteiger partial charge is 0.306 e. The molecular formula is C20H20N2O4S. The van der Waals surface area contributed by atoms with Crippen LogP contribution in [0.4, 0.5) is 0 Å². The first kappa shape index (κ1) is 18.9. The Kier molecular flexibility index (Phi) is 5.43. The minimum absolute atomic E-state index is 0.00967. The molecule has 0 bridgehead atoms. The Hall–Kier alpha value is -2.90. The van der Waals surface area contributed by atoms with Crippen molar-refractivity contribution in [2.45, 2.75) is 24.9 Å². The van der Waals surface area contributed by atoms with Gasteiger partial charge in [0.25, 0.3) is 10.0 Å². The lowest BCUT2D eigenvalue weighted by molar-refractivity contribution is 0.453. The number of hydrogen-bond acceptors (Lipinski definition) is 5. The van der Waals surface area contributed by atoms with E-state index in [1.165, 1.54) is 24.4 Å². The van der Waals surface area contributed by atoms with Crippen molar-refractivity contribution in [3.8, 4) is 5.75 Å². The lowest BCUT2D eigenvalue weighted by atomic mass is 10.2. The molecular weight excluding hydrogens is 364 g/mol. The fourth-order valence-electron chi connectivity index (χ4n) is 2.64. The number of nitrogens with zero attached hydrogens (tertiary/aromatic N) is 1. The molecule has 0 aliphatic carbocycles. The Morgan fingerprint density at radius 1 is 0.963 bits per heavy atom. The molecule has 0 aliphatic heterocycles. The van der Waals surface area contributed by atoms with Gasteiger partial charge in [0.2, 0.25) is 0 Å². The van der Waals surface area contributed by atoms with E-state index in [9.17, 15) is 18.3 Å². The zero-order valence-corrected chi connectivity index (χ0v) is 15.6. The standard InChI is InChI=1S/C20H20N2O4S/c1-15-7-9-18(10-8-15)27(25,26)22-12-11-17(19(23)20(22)24)14-21-13-16-5-3-2-4-6-16/h2-12,21,23H,13-14H2,1H3. The molecule has 6 nitrogen and oxygen atoms in total. The number of pyridine rings is 1. The van der Waals surface area contributed by atoms with Crippen LogP contribution in [0.25, 0.3) is 0 Å². The van der Waals surface area contributed by atoms with Crippen LogP contribution in [0.15, 0.2) is 76.6 Å². The number of nitrogens with one attached hydrogen (secondary N) is 1. The number of aromatic hydroxyl groups is 1. The first-order chi connectivity index (χ1) is 12.9. The van der Waals surface area contributed by atoms with E-state index in [0.29, 0.717) is 16.1 Å². The van der Waals surface area contributed by atoms with Gasteiger partial charge in [-0.05, 0) is 30.7 Å². The van der Waals surface area contributed by atoms with Gasteiger partial charge in [0, 0.05) is 24.8 Å². The van der Waals surface area contributed by atoms with Crippen molar-refractivity contribution in [3.05, 3.63) is 93.9 Å². The Morgan fingerprint density at radius 3 is 2.30 bits per heavy atom. The van der Waals surface area contributed by atoms with Gasteiger partial charge in [-0.1, -0.05) is 48.0 Å². The number of benzene rings is 2. The van der Waals surface area contributed by atoms with Gasteiger partial charge < -0.3 is 10.4 Å². The van der Waals surface area contributed by atoms with E-state index >= 15 is 0 Å². The van der Waals surface area contributed by atoms with Gasteiger partial charge >= 0.3 is 5.56 Å². The molecule has 1 heterocycles. The summed E-state index contributed by atoms with van der Waals surface area (Å²) in [4.78, 5) is 12.4. The summed E-state index contributed by atoms with van der Waals surface area (Å²) in [7, 11) is -4.07. The Labute approximate surface area is 157 Å². The summed E-state index contributed by atoms with van der Waals surface area (Å²) in [6.07, 6.45) is 1.18. The highest BCUT2D eigenvalue weighted by molar-refractivity contribution is 7.90. The summed E-state index contributed by atoms with van der Waals surface area (Å²) in [6, 6.07) is 17.3. The van der Waals surface area contributed by atoms with Crippen LogP contribution in [0, 0.1) is 6.92 Å². The predicted octanol–water partition coefficient (Wildman–Crippen LogP) is 2.39. The third-order valence-corrected chi connectivity index (χ3v) is 5.86. The molecule has 0 atom stereocenters.